The minimum Gasteiger partial charge on any atom is -0.863 e. The van der Waals surface area contributed by atoms with E-state index in [1.807, 2.05) is 0 Å². The Morgan fingerprint density at radius 2 is 0.758 bits per heavy atom. The summed E-state index contributed by atoms with van der Waals surface area (Å²) in [5.74, 6) is -2.67. The Hall–Kier alpha value is -4.56. The van der Waals surface area contributed by atoms with Crippen LogP contribution in [-0.4, -0.2) is 34.6 Å². The van der Waals surface area contributed by atoms with E-state index in [0.29, 0.717) is 24.3 Å². The summed E-state index contributed by atoms with van der Waals surface area (Å²) in [6, 6.07) is 1.66. The fourth-order valence-electron chi connectivity index (χ4n) is 1.93. The van der Waals surface area contributed by atoms with Gasteiger partial charge in [0.25, 0.3) is 28.5 Å². The summed E-state index contributed by atoms with van der Waals surface area (Å²) >= 11 is 0. The third-order valence-electron chi connectivity index (χ3n) is 3.30. The number of hydrogen-bond donors (Lipinski definition) is 1. The molecule has 0 atom stereocenters. The SMILES string of the molecule is O=[N+]([O-])c1cc([N+](=O)[O-])c(O)c([N+](=O)[O-])c1.O=[N+]([O-])c1cc([N+](=O)[O-])c([O-])c([N+](=O)[O-])c1.[Na+]. The second-order valence-electron chi connectivity index (χ2n) is 5.19. The van der Waals surface area contributed by atoms with Gasteiger partial charge in [-0.05, 0) is 0 Å². The monoisotopic (exact) mass is 480 g/mol. The van der Waals surface area contributed by atoms with Gasteiger partial charge in [-0.3, -0.25) is 60.7 Å². The number of aromatic hydroxyl groups is 1. The second kappa shape index (κ2) is 11.2. The standard InChI is InChI=1S/2C6H3N3O7.Na/c2*10-6-4(8(13)14)1-3(7(11)12)2-5(6)9(15)16;/h2*1-2,10H;/q;;+1/p-1. The van der Waals surface area contributed by atoms with Gasteiger partial charge in [-0.2, -0.15) is 0 Å². The molecule has 0 bridgehead atoms. The van der Waals surface area contributed by atoms with Crippen LogP contribution >= 0.6 is 0 Å². The molecule has 168 valence electrons. The largest absolute Gasteiger partial charge is 1.00 e. The van der Waals surface area contributed by atoms with Gasteiger partial charge in [0, 0.05) is 0 Å². The zero-order valence-electron chi connectivity index (χ0n) is 15.7. The molecule has 0 aliphatic carbocycles. The number of non-ortho nitro benzene ring substituents is 2. The zero-order valence-corrected chi connectivity index (χ0v) is 17.7. The van der Waals surface area contributed by atoms with E-state index in [1.165, 1.54) is 0 Å². The maximum absolute atomic E-state index is 11.1. The second-order valence-corrected chi connectivity index (χ2v) is 5.19. The maximum Gasteiger partial charge on any atom is 1.00 e. The number of nitro groups is 6. The van der Waals surface area contributed by atoms with Crippen molar-refractivity contribution in [3.05, 3.63) is 85.0 Å². The summed E-state index contributed by atoms with van der Waals surface area (Å²) in [4.78, 5) is 55.3. The van der Waals surface area contributed by atoms with Crippen LogP contribution in [0.4, 0.5) is 34.1 Å². The van der Waals surface area contributed by atoms with Gasteiger partial charge in [0.05, 0.1) is 59.6 Å². The molecule has 33 heavy (non-hydrogen) atoms. The molecule has 0 saturated heterocycles. The van der Waals surface area contributed by atoms with Crippen LogP contribution in [0.5, 0.6) is 11.5 Å². The molecule has 0 heterocycles. The molecule has 0 spiro atoms. The molecule has 0 aromatic heterocycles. The molecule has 0 saturated carbocycles. The molecule has 0 aliphatic rings. The van der Waals surface area contributed by atoms with E-state index in [1.54, 1.807) is 0 Å². The molecule has 2 aromatic rings. The van der Waals surface area contributed by atoms with Crippen LogP contribution in [0.1, 0.15) is 0 Å². The number of nitrogens with zero attached hydrogens (tertiary/aromatic N) is 6. The summed E-state index contributed by atoms with van der Waals surface area (Å²) in [5.41, 5.74) is -6.27. The fourth-order valence-corrected chi connectivity index (χ4v) is 1.93. The van der Waals surface area contributed by atoms with Crippen LogP contribution < -0.4 is 34.7 Å². The van der Waals surface area contributed by atoms with Crippen LogP contribution in [0.15, 0.2) is 24.3 Å². The molecule has 20 nitrogen and oxygen atoms in total. The van der Waals surface area contributed by atoms with Crippen LogP contribution in [0.3, 0.4) is 0 Å². The summed E-state index contributed by atoms with van der Waals surface area (Å²) in [5, 5.41) is 82.3. The van der Waals surface area contributed by atoms with Crippen molar-refractivity contribution in [3.8, 4) is 11.5 Å². The number of rotatable bonds is 6. The summed E-state index contributed by atoms with van der Waals surface area (Å²) in [6.45, 7) is 0. The maximum atomic E-state index is 11.1. The van der Waals surface area contributed by atoms with Crippen LogP contribution in [0, 0.1) is 60.7 Å². The first-order valence-electron chi connectivity index (χ1n) is 7.27. The van der Waals surface area contributed by atoms with Crippen molar-refractivity contribution in [2.45, 2.75) is 0 Å². The first-order chi connectivity index (χ1) is 14.7. The Bertz CT molecular complexity index is 1020. The Labute approximate surface area is 199 Å². The molecule has 2 aromatic carbocycles. The van der Waals surface area contributed by atoms with E-state index < -0.39 is 75.2 Å². The van der Waals surface area contributed by atoms with E-state index in [9.17, 15) is 65.8 Å². The quantitative estimate of drug-likeness (QED) is 0.282. The Kier molecular flexibility index (Phi) is 9.63. The number of hydrogen-bond acceptors (Lipinski definition) is 14. The molecular formula is C12H5N6NaO14. The predicted octanol–water partition coefficient (Wildman–Crippen LogP) is -1.39. The first kappa shape index (κ1) is 28.4. The number of phenolic OH excluding ortho intramolecular Hbond substituents is 1. The van der Waals surface area contributed by atoms with Crippen LogP contribution in [-0.2, 0) is 0 Å². The molecule has 0 unspecified atom stereocenters. The van der Waals surface area contributed by atoms with Gasteiger partial charge in [0.15, 0.2) is 0 Å². The Morgan fingerprint density at radius 1 is 0.515 bits per heavy atom. The number of nitro benzene ring substituents is 6. The van der Waals surface area contributed by atoms with Crippen molar-refractivity contribution < 1.29 is 69.3 Å². The van der Waals surface area contributed by atoms with Gasteiger partial charge in [-0.1, -0.05) is 0 Å². The molecule has 0 fully saturated rings. The number of phenols is 1. The van der Waals surface area contributed by atoms with Crippen molar-refractivity contribution in [3.63, 3.8) is 0 Å². The van der Waals surface area contributed by atoms with Crippen LogP contribution in [0.2, 0.25) is 0 Å². The predicted molar refractivity (Wildman–Crippen MR) is 93.9 cm³/mol. The molecular weight excluding hydrogens is 475 g/mol. The third kappa shape index (κ3) is 6.71. The molecule has 21 heteroatoms. The fraction of sp³-hybridized carbons (Fsp3) is 0. The van der Waals surface area contributed by atoms with Gasteiger partial charge in [0.2, 0.25) is 0 Å². The van der Waals surface area contributed by atoms with Crippen molar-refractivity contribution >= 4 is 34.1 Å². The van der Waals surface area contributed by atoms with Gasteiger partial charge >= 0.3 is 40.9 Å². The average molecular weight is 480 g/mol. The third-order valence-corrected chi connectivity index (χ3v) is 3.30. The minimum absolute atomic E-state index is 0. The molecule has 0 aliphatic heterocycles. The zero-order chi connectivity index (χ0) is 24.9. The molecule has 0 amide bonds. The minimum atomic E-state index is -1.46. The van der Waals surface area contributed by atoms with E-state index >= 15 is 0 Å². The first-order valence-corrected chi connectivity index (χ1v) is 7.27. The van der Waals surface area contributed by atoms with E-state index in [-0.39, 0.29) is 29.6 Å². The summed E-state index contributed by atoms with van der Waals surface area (Å²) < 4.78 is 0. The molecule has 1 N–H and O–H groups in total. The summed E-state index contributed by atoms with van der Waals surface area (Å²) in [6.07, 6.45) is 0. The molecule has 2 rings (SSSR count). The van der Waals surface area contributed by atoms with E-state index in [2.05, 4.69) is 0 Å². The van der Waals surface area contributed by atoms with Crippen molar-refractivity contribution in [2.24, 2.45) is 0 Å². The van der Waals surface area contributed by atoms with E-state index in [4.69, 9.17) is 5.11 Å². The topological polar surface area (TPSA) is 302 Å². The van der Waals surface area contributed by atoms with Gasteiger partial charge in [0.1, 0.15) is 0 Å². The Morgan fingerprint density at radius 3 is 0.970 bits per heavy atom. The smallest absolute Gasteiger partial charge is 0.863 e. The normalized spacial score (nSPS) is 9.45. The van der Waals surface area contributed by atoms with Crippen molar-refractivity contribution in [2.75, 3.05) is 0 Å². The van der Waals surface area contributed by atoms with Crippen molar-refractivity contribution in [1.82, 2.24) is 0 Å². The van der Waals surface area contributed by atoms with Crippen LogP contribution in [0.25, 0.3) is 0 Å². The average Bonchev–Trinajstić information content (AvgIpc) is 2.67. The van der Waals surface area contributed by atoms with E-state index in [0.717, 1.165) is 0 Å². The number of benzene rings is 2. The van der Waals surface area contributed by atoms with Gasteiger partial charge in [-0.25, -0.2) is 0 Å². The van der Waals surface area contributed by atoms with Crippen molar-refractivity contribution in [1.29, 1.82) is 0 Å². The van der Waals surface area contributed by atoms with Gasteiger partial charge in [-0.15, -0.1) is 0 Å². The Balaban J connectivity index is 0.000000602. The van der Waals surface area contributed by atoms with Gasteiger partial charge < -0.3 is 10.2 Å². The summed E-state index contributed by atoms with van der Waals surface area (Å²) in [7, 11) is 0. The molecule has 0 radical (unpaired) electrons.